The number of benzene rings is 1. The third-order valence-corrected chi connectivity index (χ3v) is 3.90. The SMILES string of the molecule is Cc1ccc(/C=C2N=C(/C=C/c3cccc(Cl)c3Cl)OC\2=O)o1. The van der Waals surface area contributed by atoms with Crippen LogP contribution in [0.3, 0.4) is 0 Å². The molecule has 3 rings (SSSR count). The average molecular weight is 348 g/mol. The number of aliphatic imine (C=N–C) groups is 1. The van der Waals surface area contributed by atoms with Gasteiger partial charge < -0.3 is 9.15 Å². The topological polar surface area (TPSA) is 51.8 Å². The normalized spacial score (nSPS) is 16.2. The molecule has 0 saturated carbocycles. The van der Waals surface area contributed by atoms with Gasteiger partial charge in [0, 0.05) is 12.2 Å². The molecule has 1 aromatic carbocycles. The first-order valence-corrected chi connectivity index (χ1v) is 7.49. The number of cyclic esters (lactones) is 1. The van der Waals surface area contributed by atoms with E-state index in [1.165, 1.54) is 6.08 Å². The van der Waals surface area contributed by atoms with E-state index < -0.39 is 5.97 Å². The lowest BCUT2D eigenvalue weighted by molar-refractivity contribution is -0.129. The molecule has 0 amide bonds. The van der Waals surface area contributed by atoms with Crippen LogP contribution in [-0.4, -0.2) is 11.9 Å². The molecule has 23 heavy (non-hydrogen) atoms. The molecule has 0 N–H and O–H groups in total. The molecule has 0 atom stereocenters. The lowest BCUT2D eigenvalue weighted by atomic mass is 10.2. The van der Waals surface area contributed by atoms with Crippen molar-refractivity contribution < 1.29 is 13.9 Å². The summed E-state index contributed by atoms with van der Waals surface area (Å²) in [5, 5.41) is 0.880. The van der Waals surface area contributed by atoms with Crippen LogP contribution >= 0.6 is 23.2 Å². The fourth-order valence-electron chi connectivity index (χ4n) is 1.97. The first-order valence-electron chi connectivity index (χ1n) is 6.74. The lowest BCUT2D eigenvalue weighted by Crippen LogP contribution is -2.01. The van der Waals surface area contributed by atoms with Gasteiger partial charge in [0.25, 0.3) is 0 Å². The van der Waals surface area contributed by atoms with Gasteiger partial charge in [0.2, 0.25) is 5.90 Å². The van der Waals surface area contributed by atoms with Gasteiger partial charge in [-0.15, -0.1) is 0 Å². The highest BCUT2D eigenvalue weighted by atomic mass is 35.5. The van der Waals surface area contributed by atoms with Crippen molar-refractivity contribution in [1.29, 1.82) is 0 Å². The molecule has 1 aliphatic heterocycles. The second-order valence-corrected chi connectivity index (χ2v) is 5.58. The van der Waals surface area contributed by atoms with Crippen LogP contribution in [0.4, 0.5) is 0 Å². The molecule has 0 spiro atoms. The molecule has 0 bridgehead atoms. The Morgan fingerprint density at radius 2 is 1.96 bits per heavy atom. The highest BCUT2D eigenvalue weighted by molar-refractivity contribution is 6.42. The smallest absolute Gasteiger partial charge is 0.363 e. The largest absolute Gasteiger partial charge is 0.462 e. The second kappa shape index (κ2) is 6.44. The number of halogens is 2. The first kappa shape index (κ1) is 15.6. The van der Waals surface area contributed by atoms with E-state index in [1.54, 1.807) is 42.5 Å². The van der Waals surface area contributed by atoms with Crippen molar-refractivity contribution in [3.8, 4) is 0 Å². The molecule has 2 aromatic rings. The molecule has 0 radical (unpaired) electrons. The third kappa shape index (κ3) is 3.55. The van der Waals surface area contributed by atoms with Crippen LogP contribution in [0.25, 0.3) is 12.2 Å². The van der Waals surface area contributed by atoms with Gasteiger partial charge in [-0.3, -0.25) is 0 Å². The Hall–Kier alpha value is -2.30. The molecule has 6 heteroatoms. The van der Waals surface area contributed by atoms with Crippen molar-refractivity contribution >= 4 is 47.2 Å². The third-order valence-electron chi connectivity index (χ3n) is 3.06. The number of furan rings is 1. The van der Waals surface area contributed by atoms with Crippen molar-refractivity contribution in [2.24, 2.45) is 4.99 Å². The van der Waals surface area contributed by atoms with Crippen LogP contribution < -0.4 is 0 Å². The van der Waals surface area contributed by atoms with Crippen molar-refractivity contribution in [3.63, 3.8) is 0 Å². The number of carbonyl (C=O) groups is 1. The van der Waals surface area contributed by atoms with E-state index >= 15 is 0 Å². The summed E-state index contributed by atoms with van der Waals surface area (Å²) in [4.78, 5) is 15.9. The average Bonchev–Trinajstić information content (AvgIpc) is 3.07. The Labute approximate surface area is 142 Å². The van der Waals surface area contributed by atoms with Gasteiger partial charge in [-0.2, -0.15) is 0 Å². The number of hydrogen-bond acceptors (Lipinski definition) is 4. The minimum Gasteiger partial charge on any atom is -0.462 e. The zero-order valence-electron chi connectivity index (χ0n) is 12.0. The number of nitrogens with zero attached hydrogens (tertiary/aromatic N) is 1. The Balaban J connectivity index is 1.83. The summed E-state index contributed by atoms with van der Waals surface area (Å²) in [6.45, 7) is 1.82. The molecular formula is C17H11Cl2NO3. The highest BCUT2D eigenvalue weighted by Gasteiger charge is 2.21. The van der Waals surface area contributed by atoms with E-state index in [9.17, 15) is 4.79 Å². The number of rotatable bonds is 3. The molecule has 1 aliphatic rings. The molecule has 4 nitrogen and oxygen atoms in total. The van der Waals surface area contributed by atoms with E-state index in [1.807, 2.05) is 6.92 Å². The maximum atomic E-state index is 11.8. The molecule has 0 saturated heterocycles. The standard InChI is InChI=1S/C17H11Cl2NO3/c1-10-5-7-12(22-10)9-14-17(21)23-15(20-14)8-6-11-3-2-4-13(18)16(11)19/h2-9H,1H3/b8-6+,14-9-. The van der Waals surface area contributed by atoms with Crippen molar-refractivity contribution in [1.82, 2.24) is 0 Å². The van der Waals surface area contributed by atoms with Gasteiger partial charge >= 0.3 is 5.97 Å². The number of hydrogen-bond donors (Lipinski definition) is 0. The van der Waals surface area contributed by atoms with Crippen LogP contribution in [0.5, 0.6) is 0 Å². The number of carbonyl (C=O) groups excluding carboxylic acids is 1. The Kier molecular flexibility index (Phi) is 4.37. The lowest BCUT2D eigenvalue weighted by Gasteiger charge is -1.99. The summed E-state index contributed by atoms with van der Waals surface area (Å²) in [7, 11) is 0. The molecule has 1 aromatic heterocycles. The predicted octanol–water partition coefficient (Wildman–Crippen LogP) is 4.90. The molecule has 116 valence electrons. The molecule has 2 heterocycles. The van der Waals surface area contributed by atoms with Crippen LogP contribution in [0.15, 0.2) is 51.5 Å². The minimum atomic E-state index is -0.532. The highest BCUT2D eigenvalue weighted by Crippen LogP contribution is 2.26. The Bertz CT molecular complexity index is 862. The van der Waals surface area contributed by atoms with E-state index in [0.29, 0.717) is 21.4 Å². The fraction of sp³-hybridized carbons (Fsp3) is 0.0588. The minimum absolute atomic E-state index is 0.177. The summed E-state index contributed by atoms with van der Waals surface area (Å²) in [6.07, 6.45) is 4.77. The molecular weight excluding hydrogens is 337 g/mol. The molecule has 0 aliphatic carbocycles. The second-order valence-electron chi connectivity index (χ2n) is 4.79. The predicted molar refractivity (Wildman–Crippen MR) is 90.4 cm³/mol. The van der Waals surface area contributed by atoms with Gasteiger partial charge in [0.05, 0.1) is 10.0 Å². The van der Waals surface area contributed by atoms with Crippen LogP contribution in [0.2, 0.25) is 10.0 Å². The van der Waals surface area contributed by atoms with Gasteiger partial charge in [-0.05, 0) is 36.8 Å². The number of esters is 1. The quantitative estimate of drug-likeness (QED) is 0.585. The van der Waals surface area contributed by atoms with Crippen LogP contribution in [0.1, 0.15) is 17.1 Å². The molecule has 0 unspecified atom stereocenters. The Morgan fingerprint density at radius 3 is 2.70 bits per heavy atom. The zero-order valence-corrected chi connectivity index (χ0v) is 13.6. The Morgan fingerprint density at radius 1 is 1.13 bits per heavy atom. The van der Waals surface area contributed by atoms with Crippen molar-refractivity contribution in [2.75, 3.05) is 0 Å². The summed E-state index contributed by atoms with van der Waals surface area (Å²) < 4.78 is 10.5. The van der Waals surface area contributed by atoms with Gasteiger partial charge in [-0.25, -0.2) is 9.79 Å². The number of aryl methyl sites for hydroxylation is 1. The van der Waals surface area contributed by atoms with E-state index in [0.717, 1.165) is 5.76 Å². The monoisotopic (exact) mass is 347 g/mol. The van der Waals surface area contributed by atoms with Crippen molar-refractivity contribution in [2.45, 2.75) is 6.92 Å². The maximum absolute atomic E-state index is 11.8. The first-order chi connectivity index (χ1) is 11.0. The van der Waals surface area contributed by atoms with E-state index in [-0.39, 0.29) is 11.6 Å². The maximum Gasteiger partial charge on any atom is 0.363 e. The number of ether oxygens (including phenoxy) is 1. The van der Waals surface area contributed by atoms with E-state index in [2.05, 4.69) is 4.99 Å². The summed E-state index contributed by atoms with van der Waals surface area (Å²) in [5.74, 6) is 0.945. The molecule has 0 fully saturated rings. The zero-order chi connectivity index (χ0) is 16.4. The van der Waals surface area contributed by atoms with Crippen LogP contribution in [0, 0.1) is 6.92 Å². The summed E-state index contributed by atoms with van der Waals surface area (Å²) in [5.41, 5.74) is 0.883. The summed E-state index contributed by atoms with van der Waals surface area (Å²) in [6, 6.07) is 8.83. The van der Waals surface area contributed by atoms with Crippen molar-refractivity contribution in [3.05, 3.63) is 69.2 Å². The van der Waals surface area contributed by atoms with E-state index in [4.69, 9.17) is 32.4 Å². The summed E-state index contributed by atoms with van der Waals surface area (Å²) >= 11 is 12.0. The van der Waals surface area contributed by atoms with Crippen LogP contribution in [-0.2, 0) is 9.53 Å². The fourth-order valence-corrected chi connectivity index (χ4v) is 2.34. The van der Waals surface area contributed by atoms with Gasteiger partial charge in [0.1, 0.15) is 11.5 Å². The van der Waals surface area contributed by atoms with Gasteiger partial charge in [0.15, 0.2) is 5.70 Å². The van der Waals surface area contributed by atoms with Gasteiger partial charge in [-0.1, -0.05) is 35.3 Å².